The lowest BCUT2D eigenvalue weighted by molar-refractivity contribution is -0.0352. The topological polar surface area (TPSA) is 70.9 Å². The Morgan fingerprint density at radius 1 is 1.13 bits per heavy atom. The molecule has 1 aromatic heterocycles. The average molecular weight is 531 g/mol. The summed E-state index contributed by atoms with van der Waals surface area (Å²) < 4.78 is 7.34. The Bertz CT molecular complexity index is 697. The third-order valence-corrected chi connectivity index (χ3v) is 6.29. The minimum absolute atomic E-state index is 0. The summed E-state index contributed by atoms with van der Waals surface area (Å²) >= 11 is 0. The van der Waals surface area contributed by atoms with E-state index in [-0.39, 0.29) is 35.1 Å². The van der Waals surface area contributed by atoms with Crippen LogP contribution >= 0.6 is 24.0 Å². The molecule has 1 aliphatic heterocycles. The first-order valence-electron chi connectivity index (χ1n) is 11.2. The van der Waals surface area contributed by atoms with Crippen molar-refractivity contribution >= 4 is 29.9 Å². The number of morpholine rings is 1. The first kappa shape index (κ1) is 25.1. The molecule has 2 heterocycles. The van der Waals surface area contributed by atoms with Crippen LogP contribution in [0.25, 0.3) is 0 Å². The second-order valence-electron chi connectivity index (χ2n) is 8.18. The summed E-state index contributed by atoms with van der Waals surface area (Å²) in [6, 6.07) is 5.30. The van der Waals surface area contributed by atoms with E-state index in [1.807, 2.05) is 19.3 Å². The van der Waals surface area contributed by atoms with Crippen LogP contribution in [0.4, 0.5) is 0 Å². The highest BCUT2D eigenvalue weighted by molar-refractivity contribution is 14.0. The highest BCUT2D eigenvalue weighted by Crippen LogP contribution is 2.33. The molecule has 1 saturated heterocycles. The van der Waals surface area contributed by atoms with Crippen LogP contribution in [-0.4, -0.2) is 67.4 Å². The van der Waals surface area contributed by atoms with Crippen LogP contribution in [-0.2, 0) is 11.3 Å². The second kappa shape index (κ2) is 13.3. The predicted octanol–water partition coefficient (Wildman–Crippen LogP) is 2.45. The fraction of sp³-hybridized carbons (Fsp3) is 0.727. The molecule has 0 atom stereocenters. The number of pyridine rings is 1. The van der Waals surface area contributed by atoms with Gasteiger partial charge in [0.05, 0.1) is 13.2 Å². The molecule has 3 rings (SSSR count). The van der Waals surface area contributed by atoms with Crippen LogP contribution in [0.3, 0.4) is 0 Å². The smallest absolute Gasteiger partial charge is 0.250 e. The van der Waals surface area contributed by atoms with Crippen molar-refractivity contribution < 1.29 is 4.74 Å². The number of aryl methyl sites for hydroxylation is 1. The summed E-state index contributed by atoms with van der Waals surface area (Å²) in [7, 11) is 1.83. The Morgan fingerprint density at radius 2 is 1.90 bits per heavy atom. The molecule has 0 radical (unpaired) electrons. The van der Waals surface area contributed by atoms with E-state index in [2.05, 4.69) is 20.5 Å². The standard InChI is InChI=1S/C22H37N5O2.HI/c1-23-21(24-12-6-8-14-26-13-7-3-9-20(26)28)25-19-22(10-4-2-5-11-22)27-15-17-29-18-16-27;/h3,7,9,13H,2,4-6,8,10-12,14-19H2,1H3,(H2,23,24,25);1H. The van der Waals surface area contributed by atoms with Crippen LogP contribution in [0.1, 0.15) is 44.9 Å². The van der Waals surface area contributed by atoms with E-state index in [1.54, 1.807) is 16.7 Å². The number of unbranched alkanes of at least 4 members (excludes halogenated alkanes) is 1. The van der Waals surface area contributed by atoms with Gasteiger partial charge in [-0.3, -0.25) is 14.7 Å². The predicted molar refractivity (Wildman–Crippen MR) is 133 cm³/mol. The average Bonchev–Trinajstić information content (AvgIpc) is 2.78. The Morgan fingerprint density at radius 3 is 2.60 bits per heavy atom. The summed E-state index contributed by atoms with van der Waals surface area (Å²) in [5, 5.41) is 7.03. The molecule has 1 saturated carbocycles. The first-order chi connectivity index (χ1) is 14.2. The third-order valence-electron chi connectivity index (χ3n) is 6.29. The molecule has 1 aliphatic carbocycles. The fourth-order valence-electron chi connectivity index (χ4n) is 4.58. The Hall–Kier alpha value is -1.13. The molecule has 30 heavy (non-hydrogen) atoms. The SMILES string of the molecule is CN=C(NCCCCn1ccccc1=O)NCC1(N2CCOCC2)CCCCC1.I. The van der Waals surface area contributed by atoms with Crippen LogP contribution < -0.4 is 16.2 Å². The minimum atomic E-state index is 0. The molecule has 1 aromatic rings. The minimum Gasteiger partial charge on any atom is -0.379 e. The van der Waals surface area contributed by atoms with Crippen LogP contribution in [0, 0.1) is 0 Å². The van der Waals surface area contributed by atoms with Crippen molar-refractivity contribution in [1.82, 2.24) is 20.1 Å². The second-order valence-corrected chi connectivity index (χ2v) is 8.18. The number of rotatable bonds is 8. The molecule has 0 aromatic carbocycles. The normalized spacial score (nSPS) is 19.7. The van der Waals surface area contributed by atoms with Crippen LogP contribution in [0.2, 0.25) is 0 Å². The number of nitrogens with zero attached hydrogens (tertiary/aromatic N) is 3. The maximum absolute atomic E-state index is 11.7. The van der Waals surface area contributed by atoms with Gasteiger partial charge in [0.2, 0.25) is 5.56 Å². The van der Waals surface area contributed by atoms with Gasteiger partial charge in [0, 0.05) is 57.6 Å². The third kappa shape index (κ3) is 7.23. The van der Waals surface area contributed by atoms with Gasteiger partial charge >= 0.3 is 0 Å². The van der Waals surface area contributed by atoms with Gasteiger partial charge in [0.25, 0.3) is 0 Å². The van der Waals surface area contributed by atoms with E-state index < -0.39 is 0 Å². The molecular formula is C22H38IN5O2. The van der Waals surface area contributed by atoms with Gasteiger partial charge in [-0.15, -0.1) is 24.0 Å². The van der Waals surface area contributed by atoms with E-state index >= 15 is 0 Å². The molecule has 8 heteroatoms. The van der Waals surface area contributed by atoms with Gasteiger partial charge in [-0.2, -0.15) is 0 Å². The highest BCUT2D eigenvalue weighted by Gasteiger charge is 2.38. The Kier molecular flexibility index (Phi) is 11.2. The zero-order chi connectivity index (χ0) is 20.4. The van der Waals surface area contributed by atoms with E-state index in [9.17, 15) is 4.79 Å². The van der Waals surface area contributed by atoms with Gasteiger partial charge in [-0.05, 0) is 31.7 Å². The summed E-state index contributed by atoms with van der Waals surface area (Å²) in [6.07, 6.45) is 10.3. The fourth-order valence-corrected chi connectivity index (χ4v) is 4.58. The number of aliphatic imine (C=N–C) groups is 1. The summed E-state index contributed by atoms with van der Waals surface area (Å²) in [5.41, 5.74) is 0.299. The molecule has 2 N–H and O–H groups in total. The maximum atomic E-state index is 11.7. The number of hydrogen-bond acceptors (Lipinski definition) is 4. The van der Waals surface area contributed by atoms with E-state index in [1.165, 1.54) is 32.1 Å². The van der Waals surface area contributed by atoms with Crippen molar-refractivity contribution in [2.45, 2.75) is 57.0 Å². The van der Waals surface area contributed by atoms with Gasteiger partial charge < -0.3 is 19.9 Å². The molecule has 2 fully saturated rings. The molecular weight excluding hydrogens is 493 g/mol. The molecule has 170 valence electrons. The zero-order valence-electron chi connectivity index (χ0n) is 18.3. The number of nitrogens with one attached hydrogen (secondary N) is 2. The lowest BCUT2D eigenvalue weighted by Gasteiger charge is -2.48. The van der Waals surface area contributed by atoms with E-state index in [0.29, 0.717) is 0 Å². The number of ether oxygens (including phenoxy) is 1. The van der Waals surface area contributed by atoms with E-state index in [4.69, 9.17) is 4.74 Å². The first-order valence-corrected chi connectivity index (χ1v) is 11.2. The molecule has 0 spiro atoms. The highest BCUT2D eigenvalue weighted by atomic mass is 127. The zero-order valence-corrected chi connectivity index (χ0v) is 20.6. The monoisotopic (exact) mass is 531 g/mol. The van der Waals surface area contributed by atoms with Crippen molar-refractivity contribution in [2.75, 3.05) is 46.4 Å². The summed E-state index contributed by atoms with van der Waals surface area (Å²) in [4.78, 5) is 18.8. The molecule has 2 aliphatic rings. The Balaban J connectivity index is 0.00000320. The number of aromatic nitrogens is 1. The molecule has 0 unspecified atom stereocenters. The molecule has 0 bridgehead atoms. The number of guanidine groups is 1. The van der Waals surface area contributed by atoms with Crippen molar-refractivity contribution in [3.8, 4) is 0 Å². The summed E-state index contributed by atoms with van der Waals surface area (Å²) in [6.45, 7) is 6.31. The largest absolute Gasteiger partial charge is 0.379 e. The van der Waals surface area contributed by atoms with Gasteiger partial charge in [0.1, 0.15) is 0 Å². The van der Waals surface area contributed by atoms with Crippen molar-refractivity contribution in [1.29, 1.82) is 0 Å². The van der Waals surface area contributed by atoms with Gasteiger partial charge in [-0.25, -0.2) is 0 Å². The lowest BCUT2D eigenvalue weighted by Crippen LogP contribution is -2.60. The van der Waals surface area contributed by atoms with Crippen molar-refractivity contribution in [2.24, 2.45) is 4.99 Å². The Labute approximate surface area is 197 Å². The quantitative estimate of drug-likeness (QED) is 0.234. The van der Waals surface area contributed by atoms with Gasteiger partial charge in [-0.1, -0.05) is 25.3 Å². The van der Waals surface area contributed by atoms with Crippen molar-refractivity contribution in [3.05, 3.63) is 34.7 Å². The number of halogens is 1. The molecule has 0 amide bonds. The van der Waals surface area contributed by atoms with Crippen molar-refractivity contribution in [3.63, 3.8) is 0 Å². The number of hydrogen-bond donors (Lipinski definition) is 2. The lowest BCUT2D eigenvalue weighted by atomic mass is 9.80. The maximum Gasteiger partial charge on any atom is 0.250 e. The van der Waals surface area contributed by atoms with E-state index in [0.717, 1.165) is 64.7 Å². The van der Waals surface area contributed by atoms with Crippen LogP contribution in [0.5, 0.6) is 0 Å². The van der Waals surface area contributed by atoms with Gasteiger partial charge in [0.15, 0.2) is 5.96 Å². The van der Waals surface area contributed by atoms with Crippen LogP contribution in [0.15, 0.2) is 34.2 Å². The molecule has 7 nitrogen and oxygen atoms in total. The summed E-state index contributed by atoms with van der Waals surface area (Å²) in [5.74, 6) is 0.875.